The molecule has 1 aliphatic heterocycles. The Morgan fingerprint density at radius 3 is 2.77 bits per heavy atom. The van der Waals surface area contributed by atoms with Crippen LogP contribution in [0.25, 0.3) is 17.4 Å². The standard InChI is InChI=1S/C16H13NO5/c1-10-7-12(16(18)21-10)9-14-5-6-15(22-14)11-3-2-4-13(8-11)17(19)20/h2-9,17,19H,1H3. The Morgan fingerprint density at radius 2 is 2.09 bits per heavy atom. The third-order valence-corrected chi connectivity index (χ3v) is 3.17. The summed E-state index contributed by atoms with van der Waals surface area (Å²) in [5.74, 6) is 1.15. The second-order valence-electron chi connectivity index (χ2n) is 4.83. The summed E-state index contributed by atoms with van der Waals surface area (Å²) < 4.78 is 10.6. The molecule has 0 spiro atoms. The number of hydrogen-bond acceptors (Lipinski definition) is 5. The molecule has 0 aliphatic carbocycles. The molecular formula is C16H13NO5. The molecule has 0 fully saturated rings. The van der Waals surface area contributed by atoms with Crippen molar-refractivity contribution in [1.29, 1.82) is 0 Å². The molecule has 2 N–H and O–H groups in total. The average molecular weight is 299 g/mol. The van der Waals surface area contributed by atoms with Crippen molar-refractivity contribution >= 4 is 17.7 Å². The Morgan fingerprint density at radius 1 is 1.27 bits per heavy atom. The van der Waals surface area contributed by atoms with Crippen molar-refractivity contribution in [1.82, 2.24) is 0 Å². The highest BCUT2D eigenvalue weighted by atomic mass is 16.8. The third kappa shape index (κ3) is 2.84. The first kappa shape index (κ1) is 14.3. The van der Waals surface area contributed by atoms with Gasteiger partial charge in [-0.05, 0) is 31.2 Å². The van der Waals surface area contributed by atoms with E-state index >= 15 is 0 Å². The van der Waals surface area contributed by atoms with Crippen molar-refractivity contribution in [3.63, 3.8) is 0 Å². The van der Waals surface area contributed by atoms with E-state index in [4.69, 9.17) is 14.4 Å². The number of benzene rings is 1. The molecule has 0 amide bonds. The number of quaternary nitrogens is 1. The van der Waals surface area contributed by atoms with Crippen molar-refractivity contribution in [2.45, 2.75) is 6.92 Å². The lowest BCUT2D eigenvalue weighted by atomic mass is 10.1. The average Bonchev–Trinajstić information content (AvgIpc) is 3.06. The van der Waals surface area contributed by atoms with Gasteiger partial charge in [0.1, 0.15) is 17.3 Å². The fraction of sp³-hybridized carbons (Fsp3) is 0.0625. The Kier molecular flexibility index (Phi) is 3.64. The van der Waals surface area contributed by atoms with Gasteiger partial charge < -0.3 is 14.4 Å². The number of furan rings is 1. The zero-order valence-corrected chi connectivity index (χ0v) is 11.7. The van der Waals surface area contributed by atoms with Crippen molar-refractivity contribution in [2.75, 3.05) is 0 Å². The molecule has 3 rings (SSSR count). The van der Waals surface area contributed by atoms with Gasteiger partial charge in [0.2, 0.25) is 0 Å². The SMILES string of the molecule is CC1=CC(=Cc2ccc(-c3cccc([NH+]([O-])O)c3)o2)C(=O)O1. The second kappa shape index (κ2) is 5.61. The molecule has 2 aromatic rings. The van der Waals surface area contributed by atoms with Gasteiger partial charge in [-0.2, -0.15) is 5.23 Å². The lowest BCUT2D eigenvalue weighted by Crippen LogP contribution is -2.99. The maximum Gasteiger partial charge on any atom is 0.343 e. The molecule has 1 aromatic carbocycles. The van der Waals surface area contributed by atoms with Crippen LogP contribution in [0.2, 0.25) is 0 Å². The summed E-state index contributed by atoms with van der Waals surface area (Å²) >= 11 is 0. The van der Waals surface area contributed by atoms with Gasteiger partial charge in [0.05, 0.1) is 5.57 Å². The largest absolute Gasteiger partial charge is 0.595 e. The lowest BCUT2D eigenvalue weighted by Gasteiger charge is -2.11. The quantitative estimate of drug-likeness (QED) is 0.515. The zero-order valence-electron chi connectivity index (χ0n) is 11.7. The highest BCUT2D eigenvalue weighted by molar-refractivity contribution is 5.99. The van der Waals surface area contributed by atoms with Crippen LogP contribution in [0.4, 0.5) is 5.69 Å². The van der Waals surface area contributed by atoms with Gasteiger partial charge in [-0.25, -0.2) is 10.0 Å². The minimum atomic E-state index is -0.995. The normalized spacial score (nSPS) is 17.5. The van der Waals surface area contributed by atoms with Crippen molar-refractivity contribution in [3.05, 3.63) is 64.8 Å². The molecule has 6 nitrogen and oxygen atoms in total. The first-order chi connectivity index (χ1) is 10.5. The molecule has 112 valence electrons. The number of carbonyl (C=O) groups excluding carboxylic acids is 1. The molecule has 6 heteroatoms. The van der Waals surface area contributed by atoms with E-state index in [1.807, 2.05) is 0 Å². The zero-order chi connectivity index (χ0) is 15.7. The van der Waals surface area contributed by atoms with E-state index in [9.17, 15) is 10.0 Å². The summed E-state index contributed by atoms with van der Waals surface area (Å²) in [6.07, 6.45) is 3.22. The fourth-order valence-electron chi connectivity index (χ4n) is 2.16. The van der Waals surface area contributed by atoms with E-state index in [1.165, 1.54) is 12.1 Å². The summed E-state index contributed by atoms with van der Waals surface area (Å²) in [7, 11) is 0. The Hall–Kier alpha value is -2.67. The van der Waals surface area contributed by atoms with E-state index < -0.39 is 11.2 Å². The summed E-state index contributed by atoms with van der Waals surface area (Å²) in [5, 5.41) is 19.0. The van der Waals surface area contributed by atoms with Crippen LogP contribution in [-0.2, 0) is 9.53 Å². The number of ether oxygens (including phenoxy) is 1. The van der Waals surface area contributed by atoms with Crippen LogP contribution >= 0.6 is 0 Å². The molecule has 1 atom stereocenters. The van der Waals surface area contributed by atoms with Crippen molar-refractivity contribution < 1.29 is 24.4 Å². The van der Waals surface area contributed by atoms with E-state index in [-0.39, 0.29) is 5.69 Å². The van der Waals surface area contributed by atoms with E-state index in [1.54, 1.807) is 43.3 Å². The van der Waals surface area contributed by atoms with Crippen LogP contribution in [0.3, 0.4) is 0 Å². The van der Waals surface area contributed by atoms with Gasteiger partial charge >= 0.3 is 5.97 Å². The fourth-order valence-corrected chi connectivity index (χ4v) is 2.16. The van der Waals surface area contributed by atoms with Crippen LogP contribution < -0.4 is 5.23 Å². The van der Waals surface area contributed by atoms with Crippen LogP contribution in [0.1, 0.15) is 12.7 Å². The van der Waals surface area contributed by atoms with Crippen molar-refractivity contribution in [2.24, 2.45) is 0 Å². The first-order valence-corrected chi connectivity index (χ1v) is 6.59. The van der Waals surface area contributed by atoms with Gasteiger partial charge in [0.15, 0.2) is 5.69 Å². The first-order valence-electron chi connectivity index (χ1n) is 6.59. The Labute approximate surface area is 126 Å². The smallest absolute Gasteiger partial charge is 0.343 e. The lowest BCUT2D eigenvalue weighted by molar-refractivity contribution is -0.991. The summed E-state index contributed by atoms with van der Waals surface area (Å²) in [6, 6.07) is 9.90. The molecular weight excluding hydrogens is 286 g/mol. The highest BCUT2D eigenvalue weighted by Crippen LogP contribution is 2.26. The predicted molar refractivity (Wildman–Crippen MR) is 77.7 cm³/mol. The monoisotopic (exact) mass is 299 g/mol. The molecule has 1 aromatic heterocycles. The van der Waals surface area contributed by atoms with Crippen LogP contribution in [0, 0.1) is 5.21 Å². The maximum absolute atomic E-state index is 11.5. The van der Waals surface area contributed by atoms with Crippen LogP contribution in [-0.4, -0.2) is 11.2 Å². The number of hydrogen-bond donors (Lipinski definition) is 2. The molecule has 1 aliphatic rings. The van der Waals surface area contributed by atoms with Crippen LogP contribution in [0.5, 0.6) is 0 Å². The Bertz CT molecular complexity index is 785. The number of rotatable bonds is 3. The molecule has 0 saturated heterocycles. The molecule has 0 bridgehead atoms. The minimum absolute atomic E-state index is 0.187. The van der Waals surface area contributed by atoms with Gasteiger partial charge in [0.25, 0.3) is 0 Å². The third-order valence-electron chi connectivity index (χ3n) is 3.17. The maximum atomic E-state index is 11.5. The summed E-state index contributed by atoms with van der Waals surface area (Å²) in [4.78, 5) is 11.5. The van der Waals surface area contributed by atoms with Gasteiger partial charge in [0, 0.05) is 17.7 Å². The van der Waals surface area contributed by atoms with Gasteiger partial charge in [-0.1, -0.05) is 12.1 Å². The number of nitrogens with one attached hydrogen (secondary N) is 1. The molecule has 0 saturated carbocycles. The summed E-state index contributed by atoms with van der Waals surface area (Å²) in [5.41, 5.74) is 1.26. The number of carbonyl (C=O) groups is 1. The number of cyclic esters (lactones) is 1. The van der Waals surface area contributed by atoms with Crippen LogP contribution in [0.15, 0.2) is 58.2 Å². The molecule has 1 unspecified atom stereocenters. The second-order valence-corrected chi connectivity index (χ2v) is 4.83. The van der Waals surface area contributed by atoms with E-state index in [0.29, 0.717) is 28.4 Å². The number of esters is 1. The Balaban J connectivity index is 1.90. The van der Waals surface area contributed by atoms with Crippen molar-refractivity contribution in [3.8, 4) is 11.3 Å². The minimum Gasteiger partial charge on any atom is -0.595 e. The van der Waals surface area contributed by atoms with Gasteiger partial charge in [-0.15, -0.1) is 0 Å². The van der Waals surface area contributed by atoms with E-state index in [0.717, 1.165) is 0 Å². The predicted octanol–water partition coefficient (Wildman–Crippen LogP) is 2.19. The highest BCUT2D eigenvalue weighted by Gasteiger charge is 2.18. The molecule has 2 heterocycles. The molecule has 22 heavy (non-hydrogen) atoms. The topological polar surface area (TPSA) is 87.2 Å². The van der Waals surface area contributed by atoms with E-state index in [2.05, 4.69) is 0 Å². The molecule has 0 radical (unpaired) electrons. The van der Waals surface area contributed by atoms with Gasteiger partial charge in [-0.3, -0.25) is 0 Å². The summed E-state index contributed by atoms with van der Waals surface area (Å²) in [6.45, 7) is 1.70. The number of allylic oxidation sites excluding steroid dienone is 1.